The molecule has 1 aromatic carbocycles. The molecule has 0 radical (unpaired) electrons. The van der Waals surface area contributed by atoms with Gasteiger partial charge in [-0.25, -0.2) is 9.97 Å². The van der Waals surface area contributed by atoms with Crippen molar-refractivity contribution in [2.75, 3.05) is 13.7 Å². The van der Waals surface area contributed by atoms with Crippen molar-refractivity contribution >= 4 is 0 Å². The van der Waals surface area contributed by atoms with E-state index in [1.54, 1.807) is 12.3 Å². The minimum atomic E-state index is -4.41. The maximum absolute atomic E-state index is 12.3. The number of rotatable bonds is 8. The van der Waals surface area contributed by atoms with Gasteiger partial charge in [0.1, 0.15) is 0 Å². The van der Waals surface area contributed by atoms with Gasteiger partial charge in [-0.15, -0.1) is 0 Å². The van der Waals surface area contributed by atoms with Crippen molar-refractivity contribution < 1.29 is 22.6 Å². The highest BCUT2D eigenvalue weighted by atomic mass is 19.4. The highest BCUT2D eigenvalue weighted by Crippen LogP contribution is 2.29. The van der Waals surface area contributed by atoms with Gasteiger partial charge in [-0.05, 0) is 30.2 Å². The van der Waals surface area contributed by atoms with E-state index in [0.29, 0.717) is 23.6 Å². The number of alkyl halides is 3. The molecule has 0 fully saturated rings. The SMILES string of the molecule is COc1ncc(CNC(C)c2ccccc2)cc1-c1ccc(OCC(F)(F)F)nc1. The Morgan fingerprint density at radius 1 is 1.03 bits per heavy atom. The molecule has 2 aromatic heterocycles. The molecule has 0 amide bonds. The predicted molar refractivity (Wildman–Crippen MR) is 107 cm³/mol. The fourth-order valence-electron chi connectivity index (χ4n) is 2.87. The van der Waals surface area contributed by atoms with E-state index in [4.69, 9.17) is 4.74 Å². The average molecular weight is 417 g/mol. The monoisotopic (exact) mass is 417 g/mol. The van der Waals surface area contributed by atoms with Gasteiger partial charge in [0.15, 0.2) is 6.61 Å². The van der Waals surface area contributed by atoms with Crippen molar-refractivity contribution in [1.82, 2.24) is 15.3 Å². The molecule has 5 nitrogen and oxygen atoms in total. The number of hydrogen-bond donors (Lipinski definition) is 1. The highest BCUT2D eigenvalue weighted by Gasteiger charge is 2.28. The minimum absolute atomic E-state index is 0.0995. The third kappa shape index (κ3) is 5.93. The van der Waals surface area contributed by atoms with Crippen LogP contribution in [0.25, 0.3) is 11.1 Å². The molecule has 0 saturated carbocycles. The zero-order valence-corrected chi connectivity index (χ0v) is 16.6. The number of aromatic nitrogens is 2. The van der Waals surface area contributed by atoms with Gasteiger partial charge in [0.2, 0.25) is 11.8 Å². The molecule has 3 aromatic rings. The Morgan fingerprint density at radius 2 is 1.80 bits per heavy atom. The molecule has 1 atom stereocenters. The predicted octanol–water partition coefficient (Wildman–Crippen LogP) is 4.94. The molecule has 8 heteroatoms. The first kappa shape index (κ1) is 21.6. The molecule has 30 heavy (non-hydrogen) atoms. The largest absolute Gasteiger partial charge is 0.481 e. The van der Waals surface area contributed by atoms with Gasteiger partial charge < -0.3 is 14.8 Å². The minimum Gasteiger partial charge on any atom is -0.481 e. The van der Waals surface area contributed by atoms with Crippen LogP contribution in [0, 0.1) is 0 Å². The molecule has 0 bridgehead atoms. The Balaban J connectivity index is 1.73. The molecule has 158 valence electrons. The van der Waals surface area contributed by atoms with Crippen LogP contribution in [0.1, 0.15) is 24.1 Å². The van der Waals surface area contributed by atoms with Crippen molar-refractivity contribution in [3.8, 4) is 22.9 Å². The summed E-state index contributed by atoms with van der Waals surface area (Å²) in [4.78, 5) is 8.30. The molecular weight excluding hydrogens is 395 g/mol. The summed E-state index contributed by atoms with van der Waals surface area (Å²) in [6.07, 6.45) is -1.25. The summed E-state index contributed by atoms with van der Waals surface area (Å²) in [6.45, 7) is 1.28. The van der Waals surface area contributed by atoms with Gasteiger partial charge >= 0.3 is 6.18 Å². The van der Waals surface area contributed by atoms with Crippen molar-refractivity contribution in [2.24, 2.45) is 0 Å². The van der Waals surface area contributed by atoms with Gasteiger partial charge in [-0.2, -0.15) is 13.2 Å². The highest BCUT2D eigenvalue weighted by molar-refractivity contribution is 5.68. The Labute approximate surface area is 172 Å². The van der Waals surface area contributed by atoms with Crippen LogP contribution in [0.5, 0.6) is 11.8 Å². The summed E-state index contributed by atoms with van der Waals surface area (Å²) >= 11 is 0. The van der Waals surface area contributed by atoms with Crippen LogP contribution in [0.15, 0.2) is 60.9 Å². The van der Waals surface area contributed by atoms with E-state index in [2.05, 4.69) is 39.1 Å². The number of benzene rings is 1. The van der Waals surface area contributed by atoms with Crippen molar-refractivity contribution in [3.63, 3.8) is 0 Å². The number of nitrogens with zero attached hydrogens (tertiary/aromatic N) is 2. The standard InChI is InChI=1S/C22H22F3N3O2/c1-15(17-6-4-3-5-7-17)26-11-16-10-19(21(29-2)28-12-16)18-8-9-20(27-13-18)30-14-22(23,24)25/h3-10,12-13,15,26H,11,14H2,1-2H3. The summed E-state index contributed by atoms with van der Waals surface area (Å²) in [5, 5.41) is 3.45. The smallest absolute Gasteiger partial charge is 0.422 e. The Hall–Kier alpha value is -3.13. The summed E-state index contributed by atoms with van der Waals surface area (Å²) in [5.41, 5.74) is 3.47. The third-order valence-electron chi connectivity index (χ3n) is 4.44. The fraction of sp³-hybridized carbons (Fsp3) is 0.273. The zero-order valence-electron chi connectivity index (χ0n) is 16.6. The lowest BCUT2D eigenvalue weighted by molar-refractivity contribution is -0.154. The molecule has 0 saturated heterocycles. The number of hydrogen-bond acceptors (Lipinski definition) is 5. The molecule has 1 N–H and O–H groups in total. The molecule has 0 aliphatic rings. The van der Waals surface area contributed by atoms with E-state index < -0.39 is 12.8 Å². The van der Waals surface area contributed by atoms with Crippen molar-refractivity contribution in [3.05, 3.63) is 72.1 Å². The summed E-state index contributed by atoms with van der Waals surface area (Å²) in [7, 11) is 1.51. The average Bonchev–Trinajstić information content (AvgIpc) is 2.76. The lowest BCUT2D eigenvalue weighted by Gasteiger charge is -2.15. The van der Waals surface area contributed by atoms with Crippen LogP contribution in [0.2, 0.25) is 0 Å². The lowest BCUT2D eigenvalue weighted by Crippen LogP contribution is -2.19. The van der Waals surface area contributed by atoms with E-state index >= 15 is 0 Å². The van der Waals surface area contributed by atoms with Crippen molar-refractivity contribution in [1.29, 1.82) is 0 Å². The summed E-state index contributed by atoms with van der Waals surface area (Å²) in [6, 6.07) is 15.2. The lowest BCUT2D eigenvalue weighted by atomic mass is 10.1. The number of methoxy groups -OCH3 is 1. The first-order chi connectivity index (χ1) is 14.4. The molecule has 1 unspecified atom stereocenters. The van der Waals surface area contributed by atoms with Gasteiger partial charge in [0.25, 0.3) is 0 Å². The Kier molecular flexibility index (Phi) is 6.89. The topological polar surface area (TPSA) is 56.3 Å². The van der Waals surface area contributed by atoms with Crippen LogP contribution < -0.4 is 14.8 Å². The van der Waals surface area contributed by atoms with E-state index in [9.17, 15) is 13.2 Å². The summed E-state index contributed by atoms with van der Waals surface area (Å²) < 4.78 is 46.8. The maximum Gasteiger partial charge on any atom is 0.422 e. The van der Waals surface area contributed by atoms with Crippen LogP contribution >= 0.6 is 0 Å². The van der Waals surface area contributed by atoms with E-state index in [1.807, 2.05) is 24.3 Å². The third-order valence-corrected chi connectivity index (χ3v) is 4.44. The zero-order chi connectivity index (χ0) is 21.6. The quantitative estimate of drug-likeness (QED) is 0.562. The van der Waals surface area contributed by atoms with Gasteiger partial charge in [-0.3, -0.25) is 0 Å². The first-order valence-electron chi connectivity index (χ1n) is 9.33. The number of ether oxygens (including phenoxy) is 2. The van der Waals surface area contributed by atoms with E-state index in [1.165, 1.54) is 24.9 Å². The number of pyridine rings is 2. The van der Waals surface area contributed by atoms with Crippen molar-refractivity contribution in [2.45, 2.75) is 25.7 Å². The Morgan fingerprint density at radius 3 is 2.43 bits per heavy atom. The molecule has 0 aliphatic carbocycles. The molecule has 2 heterocycles. The van der Waals surface area contributed by atoms with Gasteiger partial charge in [-0.1, -0.05) is 30.3 Å². The van der Waals surface area contributed by atoms with Gasteiger partial charge in [0.05, 0.1) is 7.11 Å². The second-order valence-corrected chi connectivity index (χ2v) is 6.70. The first-order valence-corrected chi connectivity index (χ1v) is 9.33. The molecule has 0 aliphatic heterocycles. The van der Waals surface area contributed by atoms with Crippen LogP contribution in [0.3, 0.4) is 0 Å². The fourth-order valence-corrected chi connectivity index (χ4v) is 2.87. The maximum atomic E-state index is 12.3. The molecule has 3 rings (SSSR count). The number of nitrogens with one attached hydrogen (secondary N) is 1. The second kappa shape index (κ2) is 9.58. The Bertz CT molecular complexity index is 948. The second-order valence-electron chi connectivity index (χ2n) is 6.70. The van der Waals surface area contributed by atoms with Crippen LogP contribution in [-0.2, 0) is 6.54 Å². The molecule has 0 spiro atoms. The summed E-state index contributed by atoms with van der Waals surface area (Å²) in [5.74, 6) is 0.304. The van der Waals surface area contributed by atoms with Gasteiger partial charge in [0, 0.05) is 42.2 Å². The normalized spacial score (nSPS) is 12.4. The van der Waals surface area contributed by atoms with Crippen LogP contribution in [-0.4, -0.2) is 29.9 Å². The number of halogens is 3. The molecular formula is C22H22F3N3O2. The van der Waals surface area contributed by atoms with Crippen LogP contribution in [0.4, 0.5) is 13.2 Å². The van der Waals surface area contributed by atoms with E-state index in [-0.39, 0.29) is 11.9 Å². The van der Waals surface area contributed by atoms with E-state index in [0.717, 1.165) is 5.56 Å².